The molecule has 0 bridgehead atoms. The van der Waals surface area contributed by atoms with Crippen LogP contribution in [0.3, 0.4) is 0 Å². The number of halogens is 1. The zero-order valence-electron chi connectivity index (χ0n) is 13.6. The zero-order valence-corrected chi connectivity index (χ0v) is 15.2. The van der Waals surface area contributed by atoms with Crippen LogP contribution in [-0.4, -0.2) is 21.0 Å². The summed E-state index contributed by atoms with van der Waals surface area (Å²) in [6.45, 7) is 1.95. The molecule has 1 N–H and O–H groups in total. The molecule has 25 heavy (non-hydrogen) atoms. The number of rotatable bonds is 6. The smallest absolute Gasteiger partial charge is 0.227 e. The summed E-state index contributed by atoms with van der Waals surface area (Å²) in [5.74, 6) is 0.883. The van der Waals surface area contributed by atoms with Crippen LogP contribution in [0.5, 0.6) is 0 Å². The van der Waals surface area contributed by atoms with Crippen molar-refractivity contribution in [3.8, 4) is 11.4 Å². The average molecular weight is 401 g/mol. The van der Waals surface area contributed by atoms with Gasteiger partial charge < -0.3 is 9.84 Å². The quantitative estimate of drug-likeness (QED) is 0.681. The van der Waals surface area contributed by atoms with E-state index in [1.807, 2.05) is 31.2 Å². The number of nitrogens with one attached hydrogen (secondary N) is 1. The maximum absolute atomic E-state index is 12.1. The summed E-state index contributed by atoms with van der Waals surface area (Å²) in [4.78, 5) is 20.4. The first-order chi connectivity index (χ1) is 12.1. The Bertz CT molecular complexity index is 851. The number of hydrogen-bond donors (Lipinski definition) is 1. The molecule has 2 aromatic heterocycles. The Morgan fingerprint density at radius 1 is 1.28 bits per heavy atom. The molecular weight excluding hydrogens is 384 g/mol. The van der Waals surface area contributed by atoms with Crippen molar-refractivity contribution in [1.29, 1.82) is 0 Å². The maximum Gasteiger partial charge on any atom is 0.227 e. The zero-order chi connectivity index (χ0) is 17.6. The standard InChI is InChI=1S/C18H17BrN4O2/c1-12(14-3-2-4-15(19)11-14)21-16(24)5-6-17-22-18(23-25-17)13-7-9-20-10-8-13/h2-4,7-12H,5-6H2,1H3,(H,21,24). The molecule has 1 amide bonds. The number of benzene rings is 1. The van der Waals surface area contributed by atoms with E-state index >= 15 is 0 Å². The first kappa shape index (κ1) is 17.3. The number of aromatic nitrogens is 3. The van der Waals surface area contributed by atoms with Crippen LogP contribution < -0.4 is 5.32 Å². The Labute approximate surface area is 153 Å². The van der Waals surface area contributed by atoms with Gasteiger partial charge in [-0.1, -0.05) is 33.2 Å². The third-order valence-corrected chi connectivity index (χ3v) is 4.19. The van der Waals surface area contributed by atoms with E-state index in [9.17, 15) is 4.79 Å². The molecule has 128 valence electrons. The fourth-order valence-electron chi connectivity index (χ4n) is 2.37. The molecule has 0 aliphatic carbocycles. The van der Waals surface area contributed by atoms with Crippen LogP contribution in [0.1, 0.15) is 30.8 Å². The number of amides is 1. The van der Waals surface area contributed by atoms with Crippen LogP contribution in [-0.2, 0) is 11.2 Å². The summed E-state index contributed by atoms with van der Waals surface area (Å²) in [5.41, 5.74) is 1.87. The van der Waals surface area contributed by atoms with Crippen LogP contribution in [0.15, 0.2) is 57.8 Å². The van der Waals surface area contributed by atoms with E-state index in [2.05, 4.69) is 36.4 Å². The third kappa shape index (κ3) is 4.73. The van der Waals surface area contributed by atoms with Crippen molar-refractivity contribution < 1.29 is 9.32 Å². The Kier molecular flexibility index (Phi) is 5.55. The van der Waals surface area contributed by atoms with Crippen molar-refractivity contribution in [3.63, 3.8) is 0 Å². The molecule has 0 saturated carbocycles. The molecule has 3 aromatic rings. The first-order valence-corrected chi connectivity index (χ1v) is 8.69. The first-order valence-electron chi connectivity index (χ1n) is 7.89. The van der Waals surface area contributed by atoms with Crippen molar-refractivity contribution in [2.24, 2.45) is 0 Å². The van der Waals surface area contributed by atoms with Crippen LogP contribution in [0.4, 0.5) is 0 Å². The van der Waals surface area contributed by atoms with E-state index in [-0.39, 0.29) is 18.4 Å². The van der Waals surface area contributed by atoms with Crippen molar-refractivity contribution in [1.82, 2.24) is 20.4 Å². The number of aryl methyl sites for hydroxylation is 1. The Balaban J connectivity index is 1.53. The summed E-state index contributed by atoms with van der Waals surface area (Å²) in [6.07, 6.45) is 4.02. The van der Waals surface area contributed by atoms with Gasteiger partial charge in [0.1, 0.15) is 0 Å². The van der Waals surface area contributed by atoms with E-state index < -0.39 is 0 Å². The summed E-state index contributed by atoms with van der Waals surface area (Å²) in [6, 6.07) is 11.4. The van der Waals surface area contributed by atoms with Gasteiger partial charge in [-0.15, -0.1) is 0 Å². The van der Waals surface area contributed by atoms with Crippen molar-refractivity contribution in [2.75, 3.05) is 0 Å². The fraction of sp³-hybridized carbons (Fsp3) is 0.222. The molecule has 0 aliphatic rings. The Morgan fingerprint density at radius 3 is 2.84 bits per heavy atom. The molecule has 0 saturated heterocycles. The SMILES string of the molecule is CC(NC(=O)CCc1nc(-c2ccncc2)no1)c1cccc(Br)c1. The van der Waals surface area contributed by atoms with Gasteiger partial charge in [0.05, 0.1) is 6.04 Å². The van der Waals surface area contributed by atoms with Crippen LogP contribution in [0, 0.1) is 0 Å². The van der Waals surface area contributed by atoms with Gasteiger partial charge in [0.15, 0.2) is 0 Å². The summed E-state index contributed by atoms with van der Waals surface area (Å²) < 4.78 is 6.19. The minimum Gasteiger partial charge on any atom is -0.350 e. The number of hydrogen-bond acceptors (Lipinski definition) is 5. The summed E-state index contributed by atoms with van der Waals surface area (Å²) >= 11 is 3.44. The number of carbonyl (C=O) groups excluding carboxylic acids is 1. The second-order valence-corrected chi connectivity index (χ2v) is 6.51. The molecule has 0 fully saturated rings. The minimum atomic E-state index is -0.0694. The monoisotopic (exact) mass is 400 g/mol. The summed E-state index contributed by atoms with van der Waals surface area (Å²) in [5, 5.41) is 6.91. The lowest BCUT2D eigenvalue weighted by Gasteiger charge is -2.14. The van der Waals surface area contributed by atoms with E-state index in [0.717, 1.165) is 15.6 Å². The van der Waals surface area contributed by atoms with E-state index in [1.54, 1.807) is 24.5 Å². The van der Waals surface area contributed by atoms with Gasteiger partial charge in [-0.3, -0.25) is 9.78 Å². The molecule has 6 nitrogen and oxygen atoms in total. The topological polar surface area (TPSA) is 80.9 Å². The molecular formula is C18H17BrN4O2. The second-order valence-electron chi connectivity index (χ2n) is 5.59. The summed E-state index contributed by atoms with van der Waals surface area (Å²) in [7, 11) is 0. The molecule has 0 aliphatic heterocycles. The lowest BCUT2D eigenvalue weighted by atomic mass is 10.1. The molecule has 0 spiro atoms. The van der Waals surface area contributed by atoms with Gasteiger partial charge in [-0.05, 0) is 36.8 Å². The van der Waals surface area contributed by atoms with Crippen LogP contribution in [0.25, 0.3) is 11.4 Å². The van der Waals surface area contributed by atoms with Gasteiger partial charge >= 0.3 is 0 Å². The molecule has 0 radical (unpaired) electrons. The largest absolute Gasteiger partial charge is 0.350 e. The van der Waals surface area contributed by atoms with Gasteiger partial charge in [-0.25, -0.2) is 0 Å². The van der Waals surface area contributed by atoms with Crippen molar-refractivity contribution in [2.45, 2.75) is 25.8 Å². The average Bonchev–Trinajstić information content (AvgIpc) is 3.10. The Hall–Kier alpha value is -2.54. The molecule has 1 aromatic carbocycles. The normalized spacial score (nSPS) is 11.9. The lowest BCUT2D eigenvalue weighted by molar-refractivity contribution is -0.121. The predicted octanol–water partition coefficient (Wildman–Crippen LogP) is 3.70. The lowest BCUT2D eigenvalue weighted by Crippen LogP contribution is -2.26. The minimum absolute atomic E-state index is 0.0591. The van der Waals surface area contributed by atoms with Gasteiger partial charge in [0.2, 0.25) is 17.6 Å². The Morgan fingerprint density at radius 2 is 2.08 bits per heavy atom. The fourth-order valence-corrected chi connectivity index (χ4v) is 2.78. The van der Waals surface area contributed by atoms with Crippen LogP contribution in [0.2, 0.25) is 0 Å². The molecule has 3 rings (SSSR count). The van der Waals surface area contributed by atoms with Crippen molar-refractivity contribution >= 4 is 21.8 Å². The molecule has 7 heteroatoms. The van der Waals surface area contributed by atoms with Gasteiger partial charge in [0.25, 0.3) is 0 Å². The highest BCUT2D eigenvalue weighted by molar-refractivity contribution is 9.10. The second kappa shape index (κ2) is 8.02. The number of nitrogens with zero attached hydrogens (tertiary/aromatic N) is 3. The molecule has 2 heterocycles. The van der Waals surface area contributed by atoms with E-state index in [4.69, 9.17) is 4.52 Å². The highest BCUT2D eigenvalue weighted by Crippen LogP contribution is 2.18. The third-order valence-electron chi connectivity index (χ3n) is 3.70. The van der Waals surface area contributed by atoms with E-state index in [1.165, 1.54) is 0 Å². The number of pyridine rings is 1. The van der Waals surface area contributed by atoms with Crippen LogP contribution >= 0.6 is 15.9 Å². The highest BCUT2D eigenvalue weighted by atomic mass is 79.9. The molecule has 1 atom stereocenters. The maximum atomic E-state index is 12.1. The van der Waals surface area contributed by atoms with E-state index in [0.29, 0.717) is 18.1 Å². The van der Waals surface area contributed by atoms with Crippen molar-refractivity contribution in [3.05, 3.63) is 64.7 Å². The number of carbonyl (C=O) groups is 1. The van der Waals surface area contributed by atoms with Gasteiger partial charge in [0, 0.05) is 35.3 Å². The highest BCUT2D eigenvalue weighted by Gasteiger charge is 2.13. The molecule has 1 unspecified atom stereocenters. The van der Waals surface area contributed by atoms with Gasteiger partial charge in [-0.2, -0.15) is 4.98 Å². The predicted molar refractivity (Wildman–Crippen MR) is 96.5 cm³/mol.